The lowest BCUT2D eigenvalue weighted by Crippen LogP contribution is -2.31. The molecule has 3 heteroatoms. The van der Waals surface area contributed by atoms with Gasteiger partial charge in [-0.25, -0.2) is 4.98 Å². The van der Waals surface area contributed by atoms with Gasteiger partial charge in [-0.3, -0.25) is 4.90 Å². The van der Waals surface area contributed by atoms with Crippen molar-refractivity contribution >= 4 is 16.7 Å². The maximum Gasteiger partial charge on any atom is 0.128 e. The summed E-state index contributed by atoms with van der Waals surface area (Å²) in [6.07, 6.45) is 1.15. The quantitative estimate of drug-likeness (QED) is 0.892. The first-order valence-electron chi connectivity index (χ1n) is 7.00. The minimum absolute atomic E-state index is 0.519. The molecule has 0 amide bonds. The van der Waals surface area contributed by atoms with Crippen molar-refractivity contribution in [1.82, 2.24) is 9.88 Å². The molecule has 0 unspecified atom stereocenters. The van der Waals surface area contributed by atoms with Crippen molar-refractivity contribution < 1.29 is 0 Å². The van der Waals surface area contributed by atoms with Gasteiger partial charge in [0.05, 0.1) is 5.52 Å². The molecule has 19 heavy (non-hydrogen) atoms. The highest BCUT2D eigenvalue weighted by atomic mass is 15.1. The molecule has 0 fully saturated rings. The van der Waals surface area contributed by atoms with E-state index in [1.165, 1.54) is 0 Å². The number of nitrogen functional groups attached to an aromatic ring is 1. The third kappa shape index (κ3) is 3.24. The summed E-state index contributed by atoms with van der Waals surface area (Å²) < 4.78 is 0. The Balaban J connectivity index is 2.31. The number of nitrogens with zero attached hydrogens (tertiary/aromatic N) is 2. The standard InChI is InChI=1S/C16H23N3/c1-4-9-19(12(2)3)11-14-10-13-7-5-6-8-15(13)18-16(14)17/h5-8,10,12H,4,9,11H2,1-3H3,(H2,17,18). The topological polar surface area (TPSA) is 42.2 Å². The van der Waals surface area contributed by atoms with E-state index in [0.717, 1.165) is 36.0 Å². The first kappa shape index (κ1) is 13.8. The van der Waals surface area contributed by atoms with Crippen LogP contribution in [0.4, 0.5) is 5.82 Å². The van der Waals surface area contributed by atoms with Gasteiger partial charge in [0.1, 0.15) is 5.82 Å². The maximum atomic E-state index is 6.09. The van der Waals surface area contributed by atoms with Crippen LogP contribution in [0.15, 0.2) is 30.3 Å². The second-order valence-corrected chi connectivity index (χ2v) is 5.29. The van der Waals surface area contributed by atoms with Gasteiger partial charge in [-0.05, 0) is 38.9 Å². The molecule has 0 atom stereocenters. The Morgan fingerprint density at radius 3 is 2.68 bits per heavy atom. The highest BCUT2D eigenvalue weighted by molar-refractivity contribution is 5.81. The van der Waals surface area contributed by atoms with Crippen LogP contribution in [-0.4, -0.2) is 22.5 Å². The van der Waals surface area contributed by atoms with Crippen molar-refractivity contribution in [1.29, 1.82) is 0 Å². The molecule has 2 N–H and O–H groups in total. The van der Waals surface area contributed by atoms with Crippen LogP contribution in [-0.2, 0) is 6.54 Å². The highest BCUT2D eigenvalue weighted by Gasteiger charge is 2.12. The molecule has 0 bridgehead atoms. The monoisotopic (exact) mass is 257 g/mol. The maximum absolute atomic E-state index is 6.09. The minimum Gasteiger partial charge on any atom is -0.383 e. The Hall–Kier alpha value is -1.61. The molecule has 1 aromatic heterocycles. The molecule has 0 saturated carbocycles. The van der Waals surface area contributed by atoms with Crippen molar-refractivity contribution in [3.63, 3.8) is 0 Å². The Bertz CT molecular complexity index is 549. The summed E-state index contributed by atoms with van der Waals surface area (Å²) in [6, 6.07) is 10.8. The number of aromatic nitrogens is 1. The fourth-order valence-electron chi connectivity index (χ4n) is 2.33. The van der Waals surface area contributed by atoms with Crippen molar-refractivity contribution in [2.45, 2.75) is 39.8 Å². The minimum atomic E-state index is 0.519. The zero-order chi connectivity index (χ0) is 13.8. The van der Waals surface area contributed by atoms with Gasteiger partial charge in [-0.15, -0.1) is 0 Å². The van der Waals surface area contributed by atoms with E-state index in [-0.39, 0.29) is 0 Å². The number of fused-ring (bicyclic) bond motifs is 1. The molecule has 0 radical (unpaired) electrons. The van der Waals surface area contributed by atoms with E-state index in [9.17, 15) is 0 Å². The van der Waals surface area contributed by atoms with Crippen LogP contribution < -0.4 is 5.73 Å². The van der Waals surface area contributed by atoms with Crippen molar-refractivity contribution in [2.24, 2.45) is 0 Å². The van der Waals surface area contributed by atoms with Crippen LogP contribution in [0, 0.1) is 0 Å². The lowest BCUT2D eigenvalue weighted by molar-refractivity contribution is 0.213. The van der Waals surface area contributed by atoms with Gasteiger partial charge in [-0.2, -0.15) is 0 Å². The van der Waals surface area contributed by atoms with Gasteiger partial charge >= 0.3 is 0 Å². The van der Waals surface area contributed by atoms with Crippen LogP contribution in [0.1, 0.15) is 32.8 Å². The molecule has 0 saturated heterocycles. The van der Waals surface area contributed by atoms with E-state index in [2.05, 4.69) is 42.8 Å². The molecule has 1 aromatic carbocycles. The van der Waals surface area contributed by atoms with Gasteiger partial charge in [0.2, 0.25) is 0 Å². The Labute approximate surface area is 115 Å². The fourth-order valence-corrected chi connectivity index (χ4v) is 2.33. The summed E-state index contributed by atoms with van der Waals surface area (Å²) in [6.45, 7) is 8.61. The van der Waals surface area contributed by atoms with Crippen molar-refractivity contribution in [3.8, 4) is 0 Å². The molecular weight excluding hydrogens is 234 g/mol. The Morgan fingerprint density at radius 1 is 1.26 bits per heavy atom. The zero-order valence-corrected chi connectivity index (χ0v) is 12.1. The van der Waals surface area contributed by atoms with Crippen LogP contribution in [0.5, 0.6) is 0 Å². The summed E-state index contributed by atoms with van der Waals surface area (Å²) in [5.74, 6) is 0.653. The lowest BCUT2D eigenvalue weighted by Gasteiger charge is -2.26. The molecule has 0 aliphatic carbocycles. The van der Waals surface area contributed by atoms with Gasteiger partial charge in [0, 0.05) is 23.5 Å². The van der Waals surface area contributed by atoms with E-state index in [1.54, 1.807) is 0 Å². The van der Waals surface area contributed by atoms with E-state index < -0.39 is 0 Å². The normalized spacial score (nSPS) is 11.6. The predicted molar refractivity (Wildman–Crippen MR) is 82.0 cm³/mol. The van der Waals surface area contributed by atoms with E-state index in [0.29, 0.717) is 11.9 Å². The first-order chi connectivity index (χ1) is 9.11. The van der Waals surface area contributed by atoms with Gasteiger partial charge < -0.3 is 5.73 Å². The van der Waals surface area contributed by atoms with Crippen LogP contribution in [0.25, 0.3) is 10.9 Å². The summed E-state index contributed by atoms with van der Waals surface area (Å²) in [5.41, 5.74) is 8.19. The summed E-state index contributed by atoms with van der Waals surface area (Å²) in [7, 11) is 0. The van der Waals surface area contributed by atoms with Gasteiger partial charge in [-0.1, -0.05) is 25.1 Å². The average molecular weight is 257 g/mol. The molecule has 3 nitrogen and oxygen atoms in total. The highest BCUT2D eigenvalue weighted by Crippen LogP contribution is 2.20. The number of hydrogen-bond acceptors (Lipinski definition) is 3. The molecule has 102 valence electrons. The summed E-state index contributed by atoms with van der Waals surface area (Å²) in [4.78, 5) is 6.93. The Kier molecular flexibility index (Phi) is 4.38. The summed E-state index contributed by atoms with van der Waals surface area (Å²) in [5, 5.41) is 1.16. The SMILES string of the molecule is CCCN(Cc1cc2ccccc2nc1N)C(C)C. The predicted octanol–water partition coefficient (Wildman–Crippen LogP) is 3.44. The first-order valence-corrected chi connectivity index (χ1v) is 7.00. The van der Waals surface area contributed by atoms with Gasteiger partial charge in [0.15, 0.2) is 0 Å². The number of hydrogen-bond donors (Lipinski definition) is 1. The fraction of sp³-hybridized carbons (Fsp3) is 0.438. The number of para-hydroxylation sites is 1. The van der Waals surface area contributed by atoms with Gasteiger partial charge in [0.25, 0.3) is 0 Å². The van der Waals surface area contributed by atoms with Crippen LogP contribution >= 0.6 is 0 Å². The third-order valence-electron chi connectivity index (χ3n) is 3.45. The Morgan fingerprint density at radius 2 is 2.00 bits per heavy atom. The smallest absolute Gasteiger partial charge is 0.128 e. The number of pyridine rings is 1. The van der Waals surface area contributed by atoms with Crippen LogP contribution in [0.3, 0.4) is 0 Å². The van der Waals surface area contributed by atoms with Crippen molar-refractivity contribution in [2.75, 3.05) is 12.3 Å². The molecule has 1 heterocycles. The molecule has 0 aliphatic rings. The lowest BCUT2D eigenvalue weighted by atomic mass is 10.1. The average Bonchev–Trinajstić information content (AvgIpc) is 2.38. The number of anilines is 1. The molecular formula is C16H23N3. The molecule has 0 aliphatic heterocycles. The molecule has 2 aromatic rings. The largest absolute Gasteiger partial charge is 0.383 e. The molecule has 2 rings (SSSR count). The number of nitrogens with two attached hydrogens (primary N) is 1. The third-order valence-corrected chi connectivity index (χ3v) is 3.45. The number of rotatable bonds is 5. The van der Waals surface area contributed by atoms with E-state index >= 15 is 0 Å². The van der Waals surface area contributed by atoms with Crippen LogP contribution in [0.2, 0.25) is 0 Å². The number of benzene rings is 1. The van der Waals surface area contributed by atoms with E-state index in [1.807, 2.05) is 18.2 Å². The summed E-state index contributed by atoms with van der Waals surface area (Å²) >= 11 is 0. The second-order valence-electron chi connectivity index (χ2n) is 5.29. The van der Waals surface area contributed by atoms with Crippen molar-refractivity contribution in [3.05, 3.63) is 35.9 Å². The van der Waals surface area contributed by atoms with E-state index in [4.69, 9.17) is 5.73 Å². The second kappa shape index (κ2) is 6.02. The molecule has 0 spiro atoms. The zero-order valence-electron chi connectivity index (χ0n) is 12.1.